The van der Waals surface area contributed by atoms with Gasteiger partial charge in [-0.2, -0.15) is 0 Å². The SMILES string of the molecule is C=C(C)c1cccc(C(C)(C)NC(=O)O[C@@H]2CN3CC[C@H]2C3)c1. The number of amides is 1. The monoisotopic (exact) mass is 314 g/mol. The maximum atomic E-state index is 12.3. The van der Waals surface area contributed by atoms with E-state index in [1.165, 1.54) is 0 Å². The highest BCUT2D eigenvalue weighted by atomic mass is 16.6. The molecule has 124 valence electrons. The van der Waals surface area contributed by atoms with E-state index in [1.54, 1.807) is 0 Å². The molecule has 3 rings (SSSR count). The van der Waals surface area contributed by atoms with Gasteiger partial charge in [0.05, 0.1) is 5.54 Å². The molecule has 1 aromatic rings. The third-order valence-corrected chi connectivity index (χ3v) is 5.02. The Balaban J connectivity index is 1.64. The summed E-state index contributed by atoms with van der Waals surface area (Å²) >= 11 is 0. The van der Waals surface area contributed by atoms with Crippen LogP contribution in [0.3, 0.4) is 0 Å². The number of carbonyl (C=O) groups is 1. The van der Waals surface area contributed by atoms with Crippen LogP contribution in [0.4, 0.5) is 4.79 Å². The fourth-order valence-electron chi connectivity index (χ4n) is 3.54. The van der Waals surface area contributed by atoms with E-state index in [0.717, 1.165) is 42.8 Å². The molecule has 1 amide bonds. The predicted molar refractivity (Wildman–Crippen MR) is 92.1 cm³/mol. The van der Waals surface area contributed by atoms with Crippen molar-refractivity contribution >= 4 is 11.7 Å². The Bertz CT molecular complexity index is 624. The molecular formula is C19H26N2O2. The second-order valence-electron chi connectivity index (χ2n) is 7.36. The van der Waals surface area contributed by atoms with Gasteiger partial charge in [-0.25, -0.2) is 4.79 Å². The van der Waals surface area contributed by atoms with Crippen LogP contribution in [-0.4, -0.2) is 36.7 Å². The Hall–Kier alpha value is -1.81. The van der Waals surface area contributed by atoms with Gasteiger partial charge in [-0.15, -0.1) is 0 Å². The van der Waals surface area contributed by atoms with Gasteiger partial charge in [-0.05, 0) is 50.9 Å². The third-order valence-electron chi connectivity index (χ3n) is 5.02. The normalized spacial score (nSPS) is 26.1. The lowest BCUT2D eigenvalue weighted by Gasteiger charge is -2.29. The summed E-state index contributed by atoms with van der Waals surface area (Å²) in [6, 6.07) is 8.13. The summed E-state index contributed by atoms with van der Waals surface area (Å²) in [4.78, 5) is 14.7. The maximum Gasteiger partial charge on any atom is 0.408 e. The van der Waals surface area contributed by atoms with Gasteiger partial charge in [0.25, 0.3) is 0 Å². The second-order valence-corrected chi connectivity index (χ2v) is 7.36. The summed E-state index contributed by atoms with van der Waals surface area (Å²) in [5, 5.41) is 3.02. The zero-order valence-corrected chi connectivity index (χ0v) is 14.3. The van der Waals surface area contributed by atoms with Crippen molar-refractivity contribution in [2.24, 2.45) is 5.92 Å². The lowest BCUT2D eigenvalue weighted by molar-refractivity contribution is 0.0629. The van der Waals surface area contributed by atoms with Crippen molar-refractivity contribution in [2.45, 2.75) is 38.8 Å². The topological polar surface area (TPSA) is 41.6 Å². The van der Waals surface area contributed by atoms with Gasteiger partial charge in [0.15, 0.2) is 0 Å². The van der Waals surface area contributed by atoms with Gasteiger partial charge in [-0.3, -0.25) is 4.90 Å². The molecule has 3 atom stereocenters. The number of nitrogens with zero attached hydrogens (tertiary/aromatic N) is 1. The number of benzene rings is 1. The highest BCUT2D eigenvalue weighted by molar-refractivity contribution is 5.69. The molecule has 2 saturated heterocycles. The summed E-state index contributed by atoms with van der Waals surface area (Å²) in [5.74, 6) is 0.510. The molecule has 2 aliphatic rings. The van der Waals surface area contributed by atoms with Crippen LogP contribution in [0.2, 0.25) is 0 Å². The van der Waals surface area contributed by atoms with Gasteiger partial charge in [0.1, 0.15) is 6.10 Å². The highest BCUT2D eigenvalue weighted by Crippen LogP contribution is 2.30. The molecule has 23 heavy (non-hydrogen) atoms. The minimum Gasteiger partial charge on any atom is -0.445 e. The molecule has 0 radical (unpaired) electrons. The lowest BCUT2D eigenvalue weighted by atomic mass is 9.92. The van der Waals surface area contributed by atoms with Gasteiger partial charge >= 0.3 is 6.09 Å². The molecule has 0 aliphatic carbocycles. The quantitative estimate of drug-likeness (QED) is 0.926. The van der Waals surface area contributed by atoms with E-state index >= 15 is 0 Å². The fourth-order valence-corrected chi connectivity index (χ4v) is 3.54. The van der Waals surface area contributed by atoms with Crippen LogP contribution in [0, 0.1) is 5.92 Å². The lowest BCUT2D eigenvalue weighted by Crippen LogP contribution is -2.44. The van der Waals surface area contributed by atoms with E-state index in [4.69, 9.17) is 4.74 Å². The molecule has 4 nitrogen and oxygen atoms in total. The molecule has 1 N–H and O–H groups in total. The summed E-state index contributed by atoms with van der Waals surface area (Å²) in [6.07, 6.45) is 0.859. The highest BCUT2D eigenvalue weighted by Gasteiger charge is 2.40. The number of hydrogen-bond acceptors (Lipinski definition) is 3. The van der Waals surface area contributed by atoms with Gasteiger partial charge < -0.3 is 10.1 Å². The molecule has 2 aliphatic heterocycles. The molecule has 0 saturated carbocycles. The van der Waals surface area contributed by atoms with E-state index < -0.39 is 5.54 Å². The molecule has 0 aromatic heterocycles. The summed E-state index contributed by atoms with van der Waals surface area (Å²) < 4.78 is 5.67. The Morgan fingerprint density at radius 2 is 2.17 bits per heavy atom. The summed E-state index contributed by atoms with van der Waals surface area (Å²) in [5.41, 5.74) is 2.67. The Kier molecular flexibility index (Phi) is 4.19. The number of nitrogens with one attached hydrogen (secondary N) is 1. The minimum absolute atomic E-state index is 0.0429. The van der Waals surface area contributed by atoms with E-state index in [-0.39, 0.29) is 12.2 Å². The molecular weight excluding hydrogens is 288 g/mol. The number of fused-ring (bicyclic) bond motifs is 2. The number of hydrogen-bond donors (Lipinski definition) is 1. The largest absolute Gasteiger partial charge is 0.445 e. The number of alkyl carbamates (subject to hydrolysis) is 1. The number of allylic oxidation sites excluding steroid dienone is 1. The van der Waals surface area contributed by atoms with Crippen molar-refractivity contribution in [3.8, 4) is 0 Å². The standard InChI is InChI=1S/C19H26N2O2/c1-13(2)14-6-5-7-16(10-14)19(3,4)20-18(22)23-17-12-21-9-8-15(17)11-21/h5-7,10,15,17H,1,8-9,11-12H2,2-4H3,(H,20,22)/t15-,17+/m0/s1. The Labute approximate surface area is 138 Å². The zero-order chi connectivity index (χ0) is 16.6. The summed E-state index contributed by atoms with van der Waals surface area (Å²) in [7, 11) is 0. The molecule has 1 unspecified atom stereocenters. The molecule has 2 fully saturated rings. The average molecular weight is 314 g/mol. The predicted octanol–water partition coefficient (Wildman–Crippen LogP) is 3.39. The molecule has 0 spiro atoms. The molecule has 4 heteroatoms. The maximum absolute atomic E-state index is 12.3. The smallest absolute Gasteiger partial charge is 0.408 e. The van der Waals surface area contributed by atoms with Crippen molar-refractivity contribution < 1.29 is 9.53 Å². The van der Waals surface area contributed by atoms with Crippen molar-refractivity contribution in [1.29, 1.82) is 0 Å². The van der Waals surface area contributed by atoms with Crippen LogP contribution >= 0.6 is 0 Å². The zero-order valence-electron chi connectivity index (χ0n) is 14.3. The molecule has 2 bridgehead atoms. The van der Waals surface area contributed by atoms with Crippen LogP contribution in [-0.2, 0) is 10.3 Å². The first-order chi connectivity index (χ1) is 10.8. The Morgan fingerprint density at radius 1 is 1.39 bits per heavy atom. The van der Waals surface area contributed by atoms with Gasteiger partial charge in [-0.1, -0.05) is 30.4 Å². The average Bonchev–Trinajstić information content (AvgIpc) is 3.09. The van der Waals surface area contributed by atoms with Crippen molar-refractivity contribution in [1.82, 2.24) is 10.2 Å². The molecule has 2 heterocycles. The second kappa shape index (κ2) is 6.00. The Morgan fingerprint density at radius 3 is 2.78 bits per heavy atom. The first-order valence-electron chi connectivity index (χ1n) is 8.33. The van der Waals surface area contributed by atoms with Crippen molar-refractivity contribution in [2.75, 3.05) is 19.6 Å². The van der Waals surface area contributed by atoms with E-state index in [0.29, 0.717) is 5.92 Å². The third kappa shape index (κ3) is 3.42. The number of rotatable bonds is 4. The fraction of sp³-hybridized carbons (Fsp3) is 0.526. The van der Waals surface area contributed by atoms with Gasteiger partial charge in [0.2, 0.25) is 0 Å². The molecule has 1 aromatic carbocycles. The van der Waals surface area contributed by atoms with Crippen LogP contribution in [0.5, 0.6) is 0 Å². The number of carbonyl (C=O) groups excluding carboxylic acids is 1. The number of ether oxygens (including phenoxy) is 1. The first-order valence-corrected chi connectivity index (χ1v) is 8.33. The minimum atomic E-state index is -0.486. The van der Waals surface area contributed by atoms with Crippen LogP contribution < -0.4 is 5.32 Å². The number of piperidine rings is 1. The van der Waals surface area contributed by atoms with Crippen LogP contribution in [0.25, 0.3) is 5.57 Å². The first kappa shape index (κ1) is 16.1. The van der Waals surface area contributed by atoms with Crippen molar-refractivity contribution in [3.05, 3.63) is 42.0 Å². The van der Waals surface area contributed by atoms with E-state index in [9.17, 15) is 4.79 Å². The summed E-state index contributed by atoms with van der Waals surface area (Å²) in [6.45, 7) is 13.1. The van der Waals surface area contributed by atoms with Crippen LogP contribution in [0.1, 0.15) is 38.3 Å². The van der Waals surface area contributed by atoms with Gasteiger partial charge in [0, 0.05) is 19.0 Å². The van der Waals surface area contributed by atoms with E-state index in [2.05, 4.69) is 22.9 Å². The van der Waals surface area contributed by atoms with Crippen molar-refractivity contribution in [3.63, 3.8) is 0 Å². The van der Waals surface area contributed by atoms with E-state index in [1.807, 2.05) is 39.0 Å². The van der Waals surface area contributed by atoms with Crippen LogP contribution in [0.15, 0.2) is 30.8 Å².